The van der Waals surface area contributed by atoms with Crippen molar-refractivity contribution >= 4 is 11.6 Å². The van der Waals surface area contributed by atoms with Crippen LogP contribution in [0, 0.1) is 6.92 Å². The maximum Gasteiger partial charge on any atom is 0.253 e. The second-order valence-electron chi connectivity index (χ2n) is 6.78. The quantitative estimate of drug-likeness (QED) is 0.867. The summed E-state index contributed by atoms with van der Waals surface area (Å²) in [7, 11) is 1.58. The number of nitrogens with zero attached hydrogens (tertiary/aromatic N) is 1. The lowest BCUT2D eigenvalue weighted by Crippen LogP contribution is -2.46. The first kappa shape index (κ1) is 18.3. The van der Waals surface area contributed by atoms with E-state index >= 15 is 0 Å². The monoisotopic (exact) mass is 354 g/mol. The zero-order chi connectivity index (χ0) is 18.5. The van der Waals surface area contributed by atoms with Crippen LogP contribution in [-0.2, 0) is 4.79 Å². The van der Waals surface area contributed by atoms with Gasteiger partial charge in [0, 0.05) is 24.8 Å². The number of hydrogen-bond acceptors (Lipinski definition) is 4. The predicted molar refractivity (Wildman–Crippen MR) is 103 cm³/mol. The van der Waals surface area contributed by atoms with Crippen molar-refractivity contribution < 1.29 is 14.6 Å². The van der Waals surface area contributed by atoms with Crippen molar-refractivity contribution in [2.75, 3.05) is 25.1 Å². The smallest absolute Gasteiger partial charge is 0.253 e. The molecule has 5 heteroatoms. The van der Waals surface area contributed by atoms with Crippen molar-refractivity contribution in [2.45, 2.75) is 31.9 Å². The normalized spacial score (nSPS) is 16.2. The Hall–Kier alpha value is -2.53. The molecule has 26 heavy (non-hydrogen) atoms. The molecule has 2 aromatic carbocycles. The molecule has 0 radical (unpaired) electrons. The highest BCUT2D eigenvalue weighted by atomic mass is 16.5. The molecule has 1 fully saturated rings. The standard InChI is InChI=1S/C21H26N2O3/c1-15-4-3-5-18(14-15)23-12-10-17(11-13-23)22-21(25)20(24)16-6-8-19(26-2)9-7-16/h3-9,14,17,20,24H,10-13H2,1-2H3,(H,22,25). The molecule has 3 rings (SSSR count). The third-order valence-electron chi connectivity index (χ3n) is 4.89. The number of benzene rings is 2. The number of hydrogen-bond donors (Lipinski definition) is 2. The number of carbonyl (C=O) groups excluding carboxylic acids is 1. The molecule has 0 bridgehead atoms. The lowest BCUT2D eigenvalue weighted by molar-refractivity contribution is -0.130. The molecule has 0 aliphatic carbocycles. The number of anilines is 1. The van der Waals surface area contributed by atoms with Crippen molar-refractivity contribution in [3.05, 3.63) is 59.7 Å². The molecule has 1 saturated heterocycles. The minimum absolute atomic E-state index is 0.0939. The van der Waals surface area contributed by atoms with E-state index in [-0.39, 0.29) is 11.9 Å². The van der Waals surface area contributed by atoms with E-state index in [1.54, 1.807) is 31.4 Å². The Bertz CT molecular complexity index is 737. The molecule has 0 aromatic heterocycles. The Kier molecular flexibility index (Phi) is 5.78. The average molecular weight is 354 g/mol. The van der Waals surface area contributed by atoms with E-state index in [0.29, 0.717) is 11.3 Å². The molecule has 1 amide bonds. The Balaban J connectivity index is 1.52. The molecule has 2 aromatic rings. The van der Waals surface area contributed by atoms with Gasteiger partial charge in [0.25, 0.3) is 5.91 Å². The van der Waals surface area contributed by atoms with E-state index in [9.17, 15) is 9.90 Å². The maximum absolute atomic E-state index is 12.4. The Morgan fingerprint density at radius 1 is 1.19 bits per heavy atom. The first-order chi connectivity index (χ1) is 12.6. The molecular weight excluding hydrogens is 328 g/mol. The number of nitrogens with one attached hydrogen (secondary N) is 1. The maximum atomic E-state index is 12.4. The molecule has 0 saturated carbocycles. The fraction of sp³-hybridized carbons (Fsp3) is 0.381. The molecule has 1 aliphatic rings. The fourth-order valence-corrected chi connectivity index (χ4v) is 3.32. The van der Waals surface area contributed by atoms with Crippen molar-refractivity contribution in [1.82, 2.24) is 5.32 Å². The second-order valence-corrected chi connectivity index (χ2v) is 6.78. The van der Waals surface area contributed by atoms with Crippen LogP contribution < -0.4 is 15.0 Å². The third kappa shape index (κ3) is 4.35. The third-order valence-corrected chi connectivity index (χ3v) is 4.89. The number of aryl methyl sites for hydroxylation is 1. The molecule has 0 spiro atoms. The van der Waals surface area contributed by atoms with Gasteiger partial charge in [0.2, 0.25) is 0 Å². The zero-order valence-corrected chi connectivity index (χ0v) is 15.3. The van der Waals surface area contributed by atoms with Crippen LogP contribution in [0.4, 0.5) is 5.69 Å². The number of amides is 1. The van der Waals surface area contributed by atoms with Crippen LogP contribution >= 0.6 is 0 Å². The van der Waals surface area contributed by atoms with E-state index in [1.165, 1.54) is 11.3 Å². The molecule has 1 unspecified atom stereocenters. The van der Waals surface area contributed by atoms with Gasteiger partial charge in [-0.1, -0.05) is 24.3 Å². The number of carbonyl (C=O) groups is 1. The van der Waals surface area contributed by atoms with E-state index in [0.717, 1.165) is 25.9 Å². The molecule has 2 N–H and O–H groups in total. The highest BCUT2D eigenvalue weighted by molar-refractivity contribution is 5.82. The number of ether oxygens (including phenoxy) is 1. The number of aliphatic hydroxyl groups is 1. The van der Waals surface area contributed by atoms with Gasteiger partial charge in [-0.25, -0.2) is 0 Å². The van der Waals surface area contributed by atoms with Crippen LogP contribution in [0.3, 0.4) is 0 Å². The molecule has 138 valence electrons. The molecule has 1 atom stereocenters. The van der Waals surface area contributed by atoms with Gasteiger partial charge >= 0.3 is 0 Å². The lowest BCUT2D eigenvalue weighted by atomic mass is 10.0. The van der Waals surface area contributed by atoms with Gasteiger partial charge in [-0.05, 0) is 55.2 Å². The second kappa shape index (κ2) is 8.23. The summed E-state index contributed by atoms with van der Waals surface area (Å²) in [5, 5.41) is 13.3. The first-order valence-electron chi connectivity index (χ1n) is 9.01. The summed E-state index contributed by atoms with van der Waals surface area (Å²) < 4.78 is 5.10. The van der Waals surface area contributed by atoms with Crippen LogP contribution in [0.1, 0.15) is 30.1 Å². The van der Waals surface area contributed by atoms with Crippen LogP contribution in [-0.4, -0.2) is 37.3 Å². The summed E-state index contributed by atoms with van der Waals surface area (Å²) in [6, 6.07) is 15.5. The largest absolute Gasteiger partial charge is 0.497 e. The minimum Gasteiger partial charge on any atom is -0.497 e. The number of rotatable bonds is 5. The van der Waals surface area contributed by atoms with Gasteiger partial charge < -0.3 is 20.1 Å². The van der Waals surface area contributed by atoms with Crippen LogP contribution in [0.15, 0.2) is 48.5 Å². The fourth-order valence-electron chi connectivity index (χ4n) is 3.32. The highest BCUT2D eigenvalue weighted by Gasteiger charge is 2.24. The summed E-state index contributed by atoms with van der Waals surface area (Å²) in [6.45, 7) is 3.89. The van der Waals surface area contributed by atoms with Gasteiger partial charge in [-0.3, -0.25) is 4.79 Å². The van der Waals surface area contributed by atoms with Crippen molar-refractivity contribution in [3.63, 3.8) is 0 Å². The van der Waals surface area contributed by atoms with Gasteiger partial charge in [0.1, 0.15) is 5.75 Å². The van der Waals surface area contributed by atoms with E-state index < -0.39 is 6.10 Å². The average Bonchev–Trinajstić information content (AvgIpc) is 2.68. The number of aliphatic hydroxyl groups excluding tert-OH is 1. The van der Waals surface area contributed by atoms with Crippen LogP contribution in [0.25, 0.3) is 0 Å². The Labute approximate surface area is 154 Å². The lowest BCUT2D eigenvalue weighted by Gasteiger charge is -2.34. The summed E-state index contributed by atoms with van der Waals surface area (Å²) in [6.07, 6.45) is 0.583. The summed E-state index contributed by atoms with van der Waals surface area (Å²) in [5.41, 5.74) is 3.05. The molecule has 5 nitrogen and oxygen atoms in total. The zero-order valence-electron chi connectivity index (χ0n) is 15.3. The van der Waals surface area contributed by atoms with E-state index in [2.05, 4.69) is 41.4 Å². The first-order valence-corrected chi connectivity index (χ1v) is 9.01. The molecular formula is C21H26N2O3. The van der Waals surface area contributed by atoms with Crippen LogP contribution in [0.2, 0.25) is 0 Å². The summed E-state index contributed by atoms with van der Waals surface area (Å²) in [5.74, 6) is 0.356. The predicted octanol–water partition coefficient (Wildman–Crippen LogP) is 2.82. The van der Waals surface area contributed by atoms with Crippen LogP contribution in [0.5, 0.6) is 5.75 Å². The summed E-state index contributed by atoms with van der Waals surface area (Å²) in [4.78, 5) is 14.7. The SMILES string of the molecule is COc1ccc(C(O)C(=O)NC2CCN(c3cccc(C)c3)CC2)cc1. The summed E-state index contributed by atoms with van der Waals surface area (Å²) >= 11 is 0. The van der Waals surface area contributed by atoms with Crippen molar-refractivity contribution in [1.29, 1.82) is 0 Å². The number of piperidine rings is 1. The van der Waals surface area contributed by atoms with E-state index in [1.807, 2.05) is 0 Å². The number of methoxy groups -OCH3 is 1. The Morgan fingerprint density at radius 3 is 2.50 bits per heavy atom. The minimum atomic E-state index is -1.16. The van der Waals surface area contributed by atoms with Gasteiger partial charge in [0.15, 0.2) is 6.10 Å². The van der Waals surface area contributed by atoms with Gasteiger partial charge in [0.05, 0.1) is 7.11 Å². The van der Waals surface area contributed by atoms with Crippen molar-refractivity contribution in [3.8, 4) is 5.75 Å². The topological polar surface area (TPSA) is 61.8 Å². The van der Waals surface area contributed by atoms with E-state index in [4.69, 9.17) is 4.74 Å². The molecule has 1 heterocycles. The highest BCUT2D eigenvalue weighted by Crippen LogP contribution is 2.22. The van der Waals surface area contributed by atoms with Crippen molar-refractivity contribution in [2.24, 2.45) is 0 Å². The Morgan fingerprint density at radius 2 is 1.88 bits per heavy atom. The molecule has 1 aliphatic heterocycles. The van der Waals surface area contributed by atoms with Gasteiger partial charge in [-0.2, -0.15) is 0 Å². The van der Waals surface area contributed by atoms with Gasteiger partial charge in [-0.15, -0.1) is 0 Å².